The number of methoxy groups -OCH3 is 1. The standard InChI is InChI=1S/C13H17NO8/c1-20-7-4-5(14)2-3-6(7)21-13-10(17)8(15)9(16)11(22-13)12(18)19/h2-4,8-11,13,15-17H,14H2,1H3,(H,18,19)/t8-,9-,10+,11-,13+/m0/s1. The lowest BCUT2D eigenvalue weighted by Crippen LogP contribution is -2.61. The number of carboxylic acids is 1. The van der Waals surface area contributed by atoms with Crippen molar-refractivity contribution in [1.82, 2.24) is 0 Å². The zero-order chi connectivity index (χ0) is 16.4. The van der Waals surface area contributed by atoms with Gasteiger partial charge in [-0.2, -0.15) is 0 Å². The molecule has 2 rings (SSSR count). The second-order valence-corrected chi connectivity index (χ2v) is 4.76. The van der Waals surface area contributed by atoms with E-state index in [4.69, 9.17) is 25.1 Å². The summed E-state index contributed by atoms with van der Waals surface area (Å²) in [6.45, 7) is 0. The number of hydrogen-bond donors (Lipinski definition) is 5. The Hall–Kier alpha value is -2.07. The zero-order valence-corrected chi connectivity index (χ0v) is 11.6. The monoisotopic (exact) mass is 315 g/mol. The number of nitrogens with two attached hydrogens (primary N) is 1. The first-order chi connectivity index (χ1) is 10.3. The van der Waals surface area contributed by atoms with E-state index in [0.29, 0.717) is 5.69 Å². The molecule has 6 N–H and O–H groups in total. The van der Waals surface area contributed by atoms with Crippen molar-refractivity contribution >= 4 is 11.7 Å². The van der Waals surface area contributed by atoms with Crippen LogP contribution in [-0.4, -0.2) is 64.2 Å². The van der Waals surface area contributed by atoms with Gasteiger partial charge in [-0.3, -0.25) is 0 Å². The van der Waals surface area contributed by atoms with E-state index in [0.717, 1.165) is 0 Å². The smallest absolute Gasteiger partial charge is 0.335 e. The first-order valence-electron chi connectivity index (χ1n) is 6.37. The average molecular weight is 315 g/mol. The van der Waals surface area contributed by atoms with Crippen LogP contribution in [0.2, 0.25) is 0 Å². The van der Waals surface area contributed by atoms with Crippen molar-refractivity contribution in [2.75, 3.05) is 12.8 Å². The molecule has 1 aromatic rings. The molecule has 0 spiro atoms. The quantitative estimate of drug-likeness (QED) is 0.420. The summed E-state index contributed by atoms with van der Waals surface area (Å²) in [5, 5.41) is 38.1. The maximum atomic E-state index is 11.0. The highest BCUT2D eigenvalue weighted by atomic mass is 16.7. The number of benzene rings is 1. The van der Waals surface area contributed by atoms with Gasteiger partial charge in [0.25, 0.3) is 0 Å². The van der Waals surface area contributed by atoms with Crippen molar-refractivity contribution in [1.29, 1.82) is 0 Å². The van der Waals surface area contributed by atoms with Gasteiger partial charge in [0.2, 0.25) is 6.29 Å². The third-order valence-electron chi connectivity index (χ3n) is 3.24. The molecule has 1 aliphatic rings. The molecule has 0 unspecified atom stereocenters. The number of aliphatic carboxylic acids is 1. The molecule has 1 fully saturated rings. The van der Waals surface area contributed by atoms with Crippen LogP contribution in [0.15, 0.2) is 18.2 Å². The zero-order valence-electron chi connectivity index (χ0n) is 11.6. The highest BCUT2D eigenvalue weighted by molar-refractivity contribution is 5.73. The van der Waals surface area contributed by atoms with Gasteiger partial charge in [0.1, 0.15) is 18.3 Å². The summed E-state index contributed by atoms with van der Waals surface area (Å²) in [5.41, 5.74) is 6.01. The van der Waals surface area contributed by atoms with Crippen molar-refractivity contribution in [3.05, 3.63) is 18.2 Å². The lowest BCUT2D eigenvalue weighted by Gasteiger charge is -2.38. The summed E-state index contributed by atoms with van der Waals surface area (Å²) in [7, 11) is 1.37. The Bertz CT molecular complexity index is 551. The fourth-order valence-electron chi connectivity index (χ4n) is 2.06. The number of ether oxygens (including phenoxy) is 3. The minimum atomic E-state index is -1.78. The summed E-state index contributed by atoms with van der Waals surface area (Å²) >= 11 is 0. The molecule has 0 bridgehead atoms. The first-order valence-corrected chi connectivity index (χ1v) is 6.37. The minimum Gasteiger partial charge on any atom is -0.493 e. The minimum absolute atomic E-state index is 0.133. The van der Waals surface area contributed by atoms with Gasteiger partial charge in [-0.15, -0.1) is 0 Å². The van der Waals surface area contributed by atoms with Crippen molar-refractivity contribution in [3.63, 3.8) is 0 Å². The third kappa shape index (κ3) is 3.07. The summed E-state index contributed by atoms with van der Waals surface area (Å²) in [4.78, 5) is 11.0. The molecule has 0 aliphatic carbocycles. The van der Waals surface area contributed by atoms with Crippen LogP contribution in [0.25, 0.3) is 0 Å². The van der Waals surface area contributed by atoms with Crippen LogP contribution < -0.4 is 15.2 Å². The van der Waals surface area contributed by atoms with Crippen LogP contribution in [0.5, 0.6) is 11.5 Å². The van der Waals surface area contributed by atoms with Gasteiger partial charge < -0.3 is 40.4 Å². The lowest BCUT2D eigenvalue weighted by atomic mass is 9.99. The molecule has 5 atom stereocenters. The highest BCUT2D eigenvalue weighted by Crippen LogP contribution is 2.32. The molecule has 9 heteroatoms. The number of carboxylic acid groups (broad SMARTS) is 1. The second kappa shape index (κ2) is 6.36. The van der Waals surface area contributed by atoms with Crippen LogP contribution in [0, 0.1) is 0 Å². The van der Waals surface area contributed by atoms with E-state index in [1.165, 1.54) is 25.3 Å². The van der Waals surface area contributed by atoms with E-state index < -0.39 is 36.7 Å². The van der Waals surface area contributed by atoms with Crippen LogP contribution >= 0.6 is 0 Å². The Morgan fingerprint density at radius 1 is 1.18 bits per heavy atom. The van der Waals surface area contributed by atoms with Gasteiger partial charge in [0, 0.05) is 11.8 Å². The number of hydrogen-bond acceptors (Lipinski definition) is 8. The lowest BCUT2D eigenvalue weighted by molar-refractivity contribution is -0.271. The van der Waals surface area contributed by atoms with Crippen LogP contribution in [-0.2, 0) is 9.53 Å². The molecule has 1 aromatic carbocycles. The van der Waals surface area contributed by atoms with Gasteiger partial charge in [-0.25, -0.2) is 4.79 Å². The maximum absolute atomic E-state index is 11.0. The van der Waals surface area contributed by atoms with E-state index in [9.17, 15) is 20.1 Å². The predicted octanol–water partition coefficient (Wildman–Crippen LogP) is -1.45. The Morgan fingerprint density at radius 3 is 2.45 bits per heavy atom. The van der Waals surface area contributed by atoms with Crippen LogP contribution in [0.3, 0.4) is 0 Å². The normalized spacial score (nSPS) is 31.5. The molecular weight excluding hydrogens is 298 g/mol. The predicted molar refractivity (Wildman–Crippen MR) is 72.4 cm³/mol. The largest absolute Gasteiger partial charge is 0.493 e. The van der Waals surface area contributed by atoms with Crippen molar-refractivity contribution in [2.45, 2.75) is 30.7 Å². The van der Waals surface area contributed by atoms with E-state index in [2.05, 4.69) is 0 Å². The molecule has 1 heterocycles. The molecule has 9 nitrogen and oxygen atoms in total. The van der Waals surface area contributed by atoms with E-state index in [-0.39, 0.29) is 11.5 Å². The Morgan fingerprint density at radius 2 is 1.86 bits per heavy atom. The molecule has 122 valence electrons. The number of aliphatic hydroxyl groups excluding tert-OH is 3. The Labute approximate surface area is 125 Å². The average Bonchev–Trinajstić information content (AvgIpc) is 2.48. The number of anilines is 1. The SMILES string of the molecule is COc1cc(N)ccc1O[C@@H]1O[C@H](C(=O)O)[C@@H](O)[C@H](O)[C@H]1O. The summed E-state index contributed by atoms with van der Waals surface area (Å²) in [6.07, 6.45) is -8.40. The molecule has 1 saturated heterocycles. The summed E-state index contributed by atoms with van der Waals surface area (Å²) < 4.78 is 15.4. The number of nitrogen functional groups attached to an aromatic ring is 1. The highest BCUT2D eigenvalue weighted by Gasteiger charge is 2.48. The van der Waals surface area contributed by atoms with E-state index in [1.54, 1.807) is 0 Å². The first kappa shape index (κ1) is 16.3. The molecule has 0 radical (unpaired) electrons. The molecular formula is C13H17NO8. The third-order valence-corrected chi connectivity index (χ3v) is 3.24. The molecule has 22 heavy (non-hydrogen) atoms. The van der Waals surface area contributed by atoms with E-state index >= 15 is 0 Å². The van der Waals surface area contributed by atoms with Crippen molar-refractivity contribution in [3.8, 4) is 11.5 Å². The summed E-state index contributed by atoms with van der Waals surface area (Å²) in [5.74, 6) is -1.12. The molecule has 0 aromatic heterocycles. The maximum Gasteiger partial charge on any atom is 0.335 e. The number of rotatable bonds is 4. The van der Waals surface area contributed by atoms with Gasteiger partial charge in [0.05, 0.1) is 7.11 Å². The number of carbonyl (C=O) groups is 1. The van der Waals surface area contributed by atoms with E-state index in [1.807, 2.05) is 0 Å². The van der Waals surface area contributed by atoms with Crippen LogP contribution in [0.1, 0.15) is 0 Å². The Kier molecular flexibility index (Phi) is 4.71. The van der Waals surface area contributed by atoms with Gasteiger partial charge in [-0.1, -0.05) is 0 Å². The molecule has 0 amide bonds. The molecule has 0 saturated carbocycles. The number of aliphatic hydroxyl groups is 3. The summed E-state index contributed by atoms with van der Waals surface area (Å²) in [6, 6.07) is 4.41. The Balaban J connectivity index is 2.22. The second-order valence-electron chi connectivity index (χ2n) is 4.76. The van der Waals surface area contributed by atoms with Crippen LogP contribution in [0.4, 0.5) is 5.69 Å². The van der Waals surface area contributed by atoms with Gasteiger partial charge >= 0.3 is 5.97 Å². The van der Waals surface area contributed by atoms with Gasteiger partial charge in [0.15, 0.2) is 17.6 Å². The van der Waals surface area contributed by atoms with Crippen molar-refractivity contribution in [2.24, 2.45) is 0 Å². The molecule has 1 aliphatic heterocycles. The van der Waals surface area contributed by atoms with Gasteiger partial charge in [-0.05, 0) is 12.1 Å². The fourth-order valence-corrected chi connectivity index (χ4v) is 2.06. The van der Waals surface area contributed by atoms with Crippen molar-refractivity contribution < 1.29 is 39.4 Å². The topological polar surface area (TPSA) is 152 Å². The fraction of sp³-hybridized carbons (Fsp3) is 0.462.